The minimum atomic E-state index is -3.98. The maximum Gasteiger partial charge on any atom is 0.330 e. The van der Waals surface area contributed by atoms with Crippen LogP contribution in [-0.4, -0.2) is 46.5 Å². The van der Waals surface area contributed by atoms with Gasteiger partial charge in [-0.25, -0.2) is 21.6 Å². The summed E-state index contributed by atoms with van der Waals surface area (Å²) in [6, 6.07) is 26.1. The molecular weight excluding hydrogens is 613 g/mol. The van der Waals surface area contributed by atoms with Crippen LogP contribution in [0.1, 0.15) is 30.0 Å². The molecule has 2 aliphatic heterocycles. The number of carbonyl (C=O) groups excluding carboxylic acids is 1. The number of carbonyl (C=O) groups is 1. The fourth-order valence-corrected chi connectivity index (χ4v) is 8.08. The summed E-state index contributed by atoms with van der Waals surface area (Å²) in [6.45, 7) is 3.68. The van der Waals surface area contributed by atoms with E-state index in [1.54, 1.807) is 54.6 Å². The van der Waals surface area contributed by atoms with Gasteiger partial charge in [0.2, 0.25) is 25.8 Å². The van der Waals surface area contributed by atoms with Crippen LogP contribution in [0, 0.1) is 6.92 Å². The van der Waals surface area contributed by atoms with E-state index in [0.29, 0.717) is 28.9 Å². The van der Waals surface area contributed by atoms with Crippen LogP contribution >= 0.6 is 0 Å². The molecule has 0 bridgehead atoms. The number of rotatable bonds is 8. The van der Waals surface area contributed by atoms with Gasteiger partial charge in [0.05, 0.1) is 26.4 Å². The second-order valence-electron chi connectivity index (χ2n) is 10.9. The largest absolute Gasteiger partial charge is 0.407 e. The van der Waals surface area contributed by atoms with Crippen LogP contribution in [-0.2, 0) is 35.9 Å². The number of benzene rings is 4. The van der Waals surface area contributed by atoms with Crippen LogP contribution < -0.4 is 10.0 Å². The van der Waals surface area contributed by atoms with Gasteiger partial charge in [0.15, 0.2) is 0 Å². The number of fused-ring (bicyclic) bond motifs is 3. The Labute approximate surface area is 261 Å². The number of nitrogens with one attached hydrogen (secondary N) is 2. The molecule has 2 N–H and O–H groups in total. The third-order valence-electron chi connectivity index (χ3n) is 7.65. The number of hydrogen-bond donors (Lipinski definition) is 2. The van der Waals surface area contributed by atoms with Crippen LogP contribution in [0.2, 0.25) is 0 Å². The molecule has 0 spiro atoms. The number of esters is 1. The van der Waals surface area contributed by atoms with E-state index in [4.69, 9.17) is 4.74 Å². The Bertz CT molecular complexity index is 2060. The van der Waals surface area contributed by atoms with Gasteiger partial charge >= 0.3 is 5.97 Å². The molecule has 0 saturated carbocycles. The van der Waals surface area contributed by atoms with Gasteiger partial charge in [-0.3, -0.25) is 0 Å². The number of aryl methyl sites for hydroxylation is 1. The third-order valence-corrected chi connectivity index (χ3v) is 11.1. The zero-order valence-electron chi connectivity index (χ0n) is 24.5. The average molecular weight is 643 g/mol. The van der Waals surface area contributed by atoms with Gasteiger partial charge in [-0.2, -0.15) is 9.82 Å². The lowest BCUT2D eigenvalue weighted by Crippen LogP contribution is -2.45. The molecule has 45 heavy (non-hydrogen) atoms. The molecular formula is C33H30N4O6S2. The number of sulfonamides is 1. The minimum absolute atomic E-state index is 0.00449. The van der Waals surface area contributed by atoms with Crippen molar-refractivity contribution in [3.8, 4) is 11.1 Å². The minimum Gasteiger partial charge on any atom is -0.407 e. The Morgan fingerprint density at radius 3 is 2.36 bits per heavy atom. The van der Waals surface area contributed by atoms with Crippen molar-refractivity contribution >= 4 is 37.4 Å². The predicted molar refractivity (Wildman–Crippen MR) is 170 cm³/mol. The van der Waals surface area contributed by atoms with E-state index < -0.39 is 37.9 Å². The first-order valence-electron chi connectivity index (χ1n) is 14.2. The Balaban J connectivity index is 1.26. The second kappa shape index (κ2) is 12.1. The Hall–Kier alpha value is -4.49. The molecule has 2 aliphatic rings. The zero-order chi connectivity index (χ0) is 31.8. The van der Waals surface area contributed by atoms with Crippen molar-refractivity contribution in [3.63, 3.8) is 0 Å². The molecule has 2 atom stereocenters. The summed E-state index contributed by atoms with van der Waals surface area (Å²) in [7, 11) is -7.59. The summed E-state index contributed by atoms with van der Waals surface area (Å²) < 4.78 is 59.8. The van der Waals surface area contributed by atoms with E-state index in [-0.39, 0.29) is 27.0 Å². The molecule has 0 radical (unpaired) electrons. The Morgan fingerprint density at radius 1 is 0.911 bits per heavy atom. The number of hydrogen-bond acceptors (Lipinski definition) is 9. The van der Waals surface area contributed by atoms with Crippen LogP contribution in [0.4, 0.5) is 0 Å². The molecule has 4 aromatic carbocycles. The highest BCUT2D eigenvalue weighted by Gasteiger charge is 2.34. The van der Waals surface area contributed by atoms with Crippen molar-refractivity contribution in [2.24, 2.45) is 10.2 Å². The summed E-state index contributed by atoms with van der Waals surface area (Å²) in [6.07, 6.45) is 0.273. The van der Waals surface area contributed by atoms with E-state index >= 15 is 0 Å². The Kier molecular flexibility index (Phi) is 8.23. The van der Waals surface area contributed by atoms with Crippen molar-refractivity contribution < 1.29 is 26.4 Å². The fourth-order valence-electron chi connectivity index (χ4n) is 5.22. The van der Waals surface area contributed by atoms with E-state index in [2.05, 4.69) is 20.2 Å². The lowest BCUT2D eigenvalue weighted by molar-refractivity contribution is -0.137. The molecule has 12 heteroatoms. The molecule has 2 unspecified atom stereocenters. The van der Waals surface area contributed by atoms with E-state index in [1.807, 2.05) is 37.3 Å². The van der Waals surface area contributed by atoms with Gasteiger partial charge in [-0.05, 0) is 55.3 Å². The van der Waals surface area contributed by atoms with Crippen molar-refractivity contribution in [1.29, 1.82) is 0 Å². The highest BCUT2D eigenvalue weighted by Crippen LogP contribution is 2.43. The topological polar surface area (TPSA) is 143 Å². The number of nitrogens with zero attached hydrogens (tertiary/aromatic N) is 2. The first-order chi connectivity index (χ1) is 21.5. The van der Waals surface area contributed by atoms with Crippen molar-refractivity contribution in [1.82, 2.24) is 10.0 Å². The monoisotopic (exact) mass is 642 g/mol. The number of ether oxygens (including phenoxy) is 1. The number of sulfone groups is 1. The maximum absolute atomic E-state index is 13.1. The molecule has 230 valence electrons. The first kappa shape index (κ1) is 30.5. The van der Waals surface area contributed by atoms with Crippen LogP contribution in [0.5, 0.6) is 0 Å². The molecule has 0 aliphatic carbocycles. The molecule has 0 aromatic heterocycles. The van der Waals surface area contributed by atoms with Gasteiger partial charge in [-0.1, -0.05) is 72.3 Å². The summed E-state index contributed by atoms with van der Waals surface area (Å²) in [5.74, 6) is -0.843. The maximum atomic E-state index is 13.1. The summed E-state index contributed by atoms with van der Waals surface area (Å²) >= 11 is 0. The standard InChI is InChI=1S/C33H30N4O6S2/c1-21-12-15-25(16-13-21)45(41,42)37-22(2)33(38)43-32-29(34-20-23-8-4-3-5-9-23)19-28(35-36-32)24-14-17-31-27(18-24)26-10-6-7-11-30(26)44(31,39)40/h3-18,22,29,34,37H,19-20H2,1-2H3. The summed E-state index contributed by atoms with van der Waals surface area (Å²) in [5.41, 5.74) is 4.37. The van der Waals surface area contributed by atoms with E-state index in [0.717, 1.165) is 11.1 Å². The molecule has 10 nitrogen and oxygen atoms in total. The fraction of sp³-hybridized carbons (Fsp3) is 0.182. The van der Waals surface area contributed by atoms with Gasteiger partial charge in [-0.15, -0.1) is 5.10 Å². The highest BCUT2D eigenvalue weighted by molar-refractivity contribution is 7.92. The molecule has 6 rings (SSSR count). The van der Waals surface area contributed by atoms with Gasteiger partial charge in [0.1, 0.15) is 6.04 Å². The van der Waals surface area contributed by atoms with Crippen molar-refractivity contribution in [3.05, 3.63) is 114 Å². The van der Waals surface area contributed by atoms with Crippen LogP contribution in [0.15, 0.2) is 122 Å². The first-order valence-corrected chi connectivity index (χ1v) is 17.2. The van der Waals surface area contributed by atoms with Gasteiger partial charge in [0, 0.05) is 24.1 Å². The SMILES string of the molecule is Cc1ccc(S(=O)(=O)NC(C)C(=O)OC2=NN=C(c3ccc4c(c3)-c3ccccc3S4(=O)=O)CC2NCc2ccccc2)cc1. The quantitative estimate of drug-likeness (QED) is 0.239. The Morgan fingerprint density at radius 2 is 1.60 bits per heavy atom. The van der Waals surface area contributed by atoms with E-state index in [1.165, 1.54) is 19.1 Å². The van der Waals surface area contributed by atoms with Crippen molar-refractivity contribution in [2.75, 3.05) is 0 Å². The van der Waals surface area contributed by atoms with E-state index in [9.17, 15) is 21.6 Å². The molecule has 0 fully saturated rings. The second-order valence-corrected chi connectivity index (χ2v) is 14.5. The van der Waals surface area contributed by atoms with Crippen LogP contribution in [0.25, 0.3) is 11.1 Å². The lowest BCUT2D eigenvalue weighted by Gasteiger charge is -2.24. The van der Waals surface area contributed by atoms with Gasteiger partial charge < -0.3 is 10.1 Å². The molecule has 2 heterocycles. The molecule has 4 aromatic rings. The van der Waals surface area contributed by atoms with Gasteiger partial charge in [0.25, 0.3) is 0 Å². The highest BCUT2D eigenvalue weighted by atomic mass is 32.2. The molecule has 0 saturated heterocycles. The summed E-state index contributed by atoms with van der Waals surface area (Å²) in [5, 5.41) is 12.0. The lowest BCUT2D eigenvalue weighted by atomic mass is 9.97. The van der Waals surface area contributed by atoms with Crippen molar-refractivity contribution in [2.45, 2.75) is 53.6 Å². The van der Waals surface area contributed by atoms with Crippen LogP contribution in [0.3, 0.4) is 0 Å². The zero-order valence-corrected chi connectivity index (χ0v) is 26.1. The normalized spacial score (nSPS) is 17.4. The third kappa shape index (κ3) is 6.22. The average Bonchev–Trinajstić information content (AvgIpc) is 3.27. The molecule has 0 amide bonds. The smallest absolute Gasteiger partial charge is 0.330 e. The summed E-state index contributed by atoms with van der Waals surface area (Å²) in [4.78, 5) is 13.6. The predicted octanol–water partition coefficient (Wildman–Crippen LogP) is 4.38.